The Labute approximate surface area is 315 Å². The third-order valence-electron chi connectivity index (χ3n) is 13.6. The SMILES string of the molecule is CC[C@H]1OC(=O)[C@H](C)[C@@H](OC2CC(C)(C)[C@@H](C)[C@H](C)O2)[C@H](C)[C@@H](OC2O[C@H](C)C[C@H](C)[C@H]2C)C(C)(C)C[C@@H](C)C(=O)[C@H](C)[C@@H](C)[C@@]1(O)COC(C)=O. The van der Waals surface area contributed by atoms with Crippen LogP contribution in [0.25, 0.3) is 0 Å². The van der Waals surface area contributed by atoms with E-state index in [0.29, 0.717) is 24.7 Å². The highest BCUT2D eigenvalue weighted by Crippen LogP contribution is 2.46. The average molecular weight is 739 g/mol. The first-order valence-corrected chi connectivity index (χ1v) is 20.1. The van der Waals surface area contributed by atoms with Crippen LogP contribution in [0, 0.1) is 58.2 Å². The van der Waals surface area contributed by atoms with E-state index in [1.54, 1.807) is 20.8 Å². The lowest BCUT2D eigenvalue weighted by Gasteiger charge is -2.49. The fourth-order valence-corrected chi connectivity index (χ4v) is 9.31. The van der Waals surface area contributed by atoms with Gasteiger partial charge in [0.1, 0.15) is 24.1 Å². The fraction of sp³-hybridized carbons (Fsp3) is 0.929. The van der Waals surface area contributed by atoms with Gasteiger partial charge in [-0.1, -0.05) is 83.1 Å². The number of Topliss-reactive ketones (excluding diaryl/α,β-unsaturated/α-hetero) is 1. The standard InChI is InChI=1S/C42H74O10/c1-17-33-42(46,21-47-32(12)43)29(9)26(6)35(44)23(3)19-41(15,16)37(52-39-25(5)22(2)18-24(4)48-39)27(7)36(28(8)38(45)50-33)51-34-20-40(13,14)30(10)31(11)49-34/h22-31,33-34,36-37,39,46H,17-21H2,1-16H3/t22-,23+,24+,25+,26+,27-,28+,29+,30-,31-,33+,34?,36-,37+,39?,42-/m0/s1. The van der Waals surface area contributed by atoms with Crippen LogP contribution in [-0.2, 0) is 42.8 Å². The van der Waals surface area contributed by atoms with Crippen LogP contribution in [0.1, 0.15) is 136 Å². The van der Waals surface area contributed by atoms with E-state index in [0.717, 1.165) is 6.42 Å². The van der Waals surface area contributed by atoms with Crippen LogP contribution in [0.15, 0.2) is 0 Å². The van der Waals surface area contributed by atoms with E-state index in [-0.39, 0.29) is 41.7 Å². The molecule has 16 atom stereocenters. The van der Waals surface area contributed by atoms with Gasteiger partial charge in [0.2, 0.25) is 0 Å². The minimum Gasteiger partial charge on any atom is -0.463 e. The molecule has 10 nitrogen and oxygen atoms in total. The Morgan fingerprint density at radius 2 is 1.44 bits per heavy atom. The van der Waals surface area contributed by atoms with Gasteiger partial charge in [-0.2, -0.15) is 0 Å². The Balaban J connectivity index is 2.20. The Morgan fingerprint density at radius 3 is 2.00 bits per heavy atom. The minimum atomic E-state index is -1.82. The first-order valence-electron chi connectivity index (χ1n) is 20.1. The lowest BCUT2D eigenvalue weighted by Crippen LogP contribution is -2.58. The molecule has 0 aromatic heterocycles. The van der Waals surface area contributed by atoms with Crippen LogP contribution in [0.2, 0.25) is 0 Å². The van der Waals surface area contributed by atoms with Crippen molar-refractivity contribution in [3.8, 4) is 0 Å². The smallest absolute Gasteiger partial charge is 0.311 e. The Hall–Kier alpha value is -1.59. The summed E-state index contributed by atoms with van der Waals surface area (Å²) in [5, 5.41) is 12.3. The first kappa shape index (κ1) is 44.8. The molecule has 3 aliphatic heterocycles. The molecule has 3 fully saturated rings. The van der Waals surface area contributed by atoms with Crippen molar-refractivity contribution in [1.29, 1.82) is 0 Å². The second-order valence-corrected chi connectivity index (χ2v) is 18.6. The van der Waals surface area contributed by atoms with Crippen molar-refractivity contribution in [2.75, 3.05) is 6.61 Å². The highest BCUT2D eigenvalue weighted by Gasteiger charge is 2.52. The summed E-state index contributed by atoms with van der Waals surface area (Å²) in [6.07, 6.45) is -1.09. The number of cyclic esters (lactones) is 1. The molecule has 2 unspecified atom stereocenters. The molecule has 3 rings (SSSR count). The van der Waals surface area contributed by atoms with Crippen molar-refractivity contribution in [2.45, 2.75) is 185 Å². The maximum atomic E-state index is 14.4. The van der Waals surface area contributed by atoms with Gasteiger partial charge in [0.25, 0.3) is 0 Å². The van der Waals surface area contributed by atoms with E-state index < -0.39 is 84.1 Å². The van der Waals surface area contributed by atoms with Gasteiger partial charge in [-0.3, -0.25) is 14.4 Å². The Bertz CT molecular complexity index is 1220. The molecule has 0 aromatic rings. The van der Waals surface area contributed by atoms with E-state index in [1.807, 2.05) is 13.8 Å². The van der Waals surface area contributed by atoms with Gasteiger partial charge >= 0.3 is 11.9 Å². The molecule has 10 heteroatoms. The number of hydrogen-bond acceptors (Lipinski definition) is 10. The summed E-state index contributed by atoms with van der Waals surface area (Å²) in [5.74, 6) is -3.29. The summed E-state index contributed by atoms with van der Waals surface area (Å²) in [4.78, 5) is 40.7. The molecule has 52 heavy (non-hydrogen) atoms. The molecule has 302 valence electrons. The minimum absolute atomic E-state index is 0.0231. The molecule has 0 amide bonds. The third-order valence-corrected chi connectivity index (χ3v) is 13.6. The molecule has 0 spiro atoms. The molecular formula is C42H74O10. The van der Waals surface area contributed by atoms with Crippen molar-refractivity contribution < 1.29 is 47.9 Å². The number of hydrogen-bond donors (Lipinski definition) is 1. The summed E-state index contributed by atoms with van der Waals surface area (Å²) in [6.45, 7) is 31.4. The first-order chi connectivity index (χ1) is 23.9. The topological polar surface area (TPSA) is 127 Å². The van der Waals surface area contributed by atoms with E-state index in [1.165, 1.54) is 6.92 Å². The van der Waals surface area contributed by atoms with E-state index in [4.69, 9.17) is 28.4 Å². The molecular weight excluding hydrogens is 664 g/mol. The van der Waals surface area contributed by atoms with Gasteiger partial charge in [-0.25, -0.2) is 0 Å². The summed E-state index contributed by atoms with van der Waals surface area (Å²) >= 11 is 0. The van der Waals surface area contributed by atoms with Gasteiger partial charge in [-0.05, 0) is 62.7 Å². The van der Waals surface area contributed by atoms with Crippen LogP contribution in [0.5, 0.6) is 0 Å². The number of rotatable bonds is 7. The number of carbonyl (C=O) groups excluding carboxylic acids is 3. The van der Waals surface area contributed by atoms with Gasteiger partial charge < -0.3 is 33.5 Å². The normalized spacial score (nSPS) is 45.1. The summed E-state index contributed by atoms with van der Waals surface area (Å²) in [7, 11) is 0. The summed E-state index contributed by atoms with van der Waals surface area (Å²) in [5.41, 5.74) is -2.48. The monoisotopic (exact) mass is 739 g/mol. The van der Waals surface area contributed by atoms with Crippen molar-refractivity contribution >= 4 is 17.7 Å². The Morgan fingerprint density at radius 1 is 0.827 bits per heavy atom. The largest absolute Gasteiger partial charge is 0.463 e. The molecule has 0 aliphatic carbocycles. The molecule has 0 radical (unpaired) electrons. The van der Waals surface area contributed by atoms with E-state index in [2.05, 4.69) is 69.2 Å². The molecule has 1 N–H and O–H groups in total. The number of carbonyl (C=O) groups is 3. The second-order valence-electron chi connectivity index (χ2n) is 18.6. The third kappa shape index (κ3) is 9.98. The van der Waals surface area contributed by atoms with Crippen LogP contribution >= 0.6 is 0 Å². The molecule has 3 aliphatic rings. The Kier molecular flexibility index (Phi) is 15.1. The number of esters is 2. The van der Waals surface area contributed by atoms with Gasteiger partial charge in [0, 0.05) is 42.9 Å². The zero-order valence-electron chi connectivity index (χ0n) is 35.3. The molecule has 3 heterocycles. The predicted octanol–water partition coefficient (Wildman–Crippen LogP) is 7.76. The lowest BCUT2D eigenvalue weighted by molar-refractivity contribution is -0.293. The zero-order chi connectivity index (χ0) is 39.7. The highest BCUT2D eigenvalue weighted by molar-refractivity contribution is 5.83. The number of ether oxygens (including phenoxy) is 6. The maximum Gasteiger partial charge on any atom is 0.311 e. The molecule has 0 saturated carbocycles. The molecule has 0 bridgehead atoms. The highest BCUT2D eigenvalue weighted by atomic mass is 16.7. The maximum absolute atomic E-state index is 14.4. The van der Waals surface area contributed by atoms with Gasteiger partial charge in [-0.15, -0.1) is 0 Å². The fourth-order valence-electron chi connectivity index (χ4n) is 9.31. The zero-order valence-corrected chi connectivity index (χ0v) is 35.3. The van der Waals surface area contributed by atoms with Crippen molar-refractivity contribution in [2.24, 2.45) is 58.2 Å². The van der Waals surface area contributed by atoms with Gasteiger partial charge in [0.15, 0.2) is 12.6 Å². The van der Waals surface area contributed by atoms with Crippen LogP contribution in [-0.4, -0.2) is 78.1 Å². The summed E-state index contributed by atoms with van der Waals surface area (Å²) < 4.78 is 38.7. The van der Waals surface area contributed by atoms with Crippen molar-refractivity contribution in [1.82, 2.24) is 0 Å². The van der Waals surface area contributed by atoms with Gasteiger partial charge in [0.05, 0.1) is 30.3 Å². The second kappa shape index (κ2) is 17.5. The number of ketones is 1. The van der Waals surface area contributed by atoms with Crippen LogP contribution in [0.3, 0.4) is 0 Å². The molecule has 3 saturated heterocycles. The van der Waals surface area contributed by atoms with E-state index >= 15 is 0 Å². The van der Waals surface area contributed by atoms with Crippen LogP contribution in [0.4, 0.5) is 0 Å². The predicted molar refractivity (Wildman–Crippen MR) is 200 cm³/mol. The van der Waals surface area contributed by atoms with Crippen molar-refractivity contribution in [3.05, 3.63) is 0 Å². The number of aliphatic hydroxyl groups is 1. The van der Waals surface area contributed by atoms with Crippen molar-refractivity contribution in [3.63, 3.8) is 0 Å². The average Bonchev–Trinajstić information content (AvgIpc) is 3.05. The van der Waals surface area contributed by atoms with E-state index in [9.17, 15) is 19.5 Å². The van der Waals surface area contributed by atoms with Crippen LogP contribution < -0.4 is 0 Å². The summed E-state index contributed by atoms with van der Waals surface area (Å²) in [6, 6.07) is 0. The quantitative estimate of drug-likeness (QED) is 0.259. The molecule has 0 aromatic carbocycles. The lowest BCUT2D eigenvalue weighted by atomic mass is 9.67.